The normalized spacial score (nSPS) is 10.4. The molecule has 2 amide bonds. The summed E-state index contributed by atoms with van der Waals surface area (Å²) in [4.78, 5) is 24.8. The van der Waals surface area contributed by atoms with Crippen molar-refractivity contribution in [1.29, 1.82) is 0 Å². The van der Waals surface area contributed by atoms with E-state index in [1.807, 2.05) is 30.3 Å². The van der Waals surface area contributed by atoms with Gasteiger partial charge in [0.1, 0.15) is 5.82 Å². The predicted molar refractivity (Wildman–Crippen MR) is 128 cm³/mol. The number of nitrogens with one attached hydrogen (secondary N) is 2. The van der Waals surface area contributed by atoms with Crippen LogP contribution in [0.25, 0.3) is 11.3 Å². The van der Waals surface area contributed by atoms with E-state index < -0.39 is 0 Å². The Morgan fingerprint density at radius 3 is 2.38 bits per heavy atom. The molecule has 3 rings (SSSR count). The number of hydrogen-bond acceptors (Lipinski definition) is 4. The van der Waals surface area contributed by atoms with Crippen molar-refractivity contribution in [3.8, 4) is 11.3 Å². The summed E-state index contributed by atoms with van der Waals surface area (Å²) in [6, 6.07) is 18.1. The molecule has 0 unspecified atom stereocenters. The molecule has 32 heavy (non-hydrogen) atoms. The Labute approximate surface area is 187 Å². The number of carbonyl (C=O) groups is 2. The molecular formula is C25H27N5O2. The molecule has 0 radical (unpaired) electrons. The molecule has 0 spiro atoms. The zero-order valence-electron chi connectivity index (χ0n) is 18.1. The number of anilines is 2. The number of hydrogen-bond donors (Lipinski definition) is 3. The molecule has 0 saturated heterocycles. The Morgan fingerprint density at radius 2 is 1.72 bits per heavy atom. The van der Waals surface area contributed by atoms with Gasteiger partial charge in [-0.3, -0.25) is 14.3 Å². The molecule has 2 aromatic carbocycles. The van der Waals surface area contributed by atoms with Crippen LogP contribution in [-0.4, -0.2) is 28.1 Å². The minimum Gasteiger partial charge on any atom is -0.330 e. The average molecular weight is 430 g/mol. The maximum atomic E-state index is 12.4. The molecule has 1 heterocycles. The fourth-order valence-corrected chi connectivity index (χ4v) is 3.06. The van der Waals surface area contributed by atoms with E-state index in [0.717, 1.165) is 12.0 Å². The minimum atomic E-state index is -0.288. The van der Waals surface area contributed by atoms with Gasteiger partial charge in [-0.2, -0.15) is 5.10 Å². The highest BCUT2D eigenvalue weighted by molar-refractivity contribution is 6.06. The Balaban J connectivity index is 1.65. The van der Waals surface area contributed by atoms with Crippen LogP contribution in [0.15, 0.2) is 85.0 Å². The lowest BCUT2D eigenvalue weighted by atomic mass is 10.0. The summed E-state index contributed by atoms with van der Waals surface area (Å²) in [5.74, 6) is 0.0912. The Kier molecular flexibility index (Phi) is 7.36. The molecule has 0 bridgehead atoms. The van der Waals surface area contributed by atoms with Gasteiger partial charge < -0.3 is 16.4 Å². The lowest BCUT2D eigenvalue weighted by Crippen LogP contribution is -2.15. The molecule has 7 nitrogen and oxygen atoms in total. The lowest BCUT2D eigenvalue weighted by Gasteiger charge is -2.10. The number of aromatic nitrogens is 2. The maximum absolute atomic E-state index is 12.4. The molecule has 1 aromatic heterocycles. The van der Waals surface area contributed by atoms with E-state index >= 15 is 0 Å². The minimum absolute atomic E-state index is 0.202. The van der Waals surface area contributed by atoms with Crippen LogP contribution in [0.2, 0.25) is 0 Å². The van der Waals surface area contributed by atoms with Crippen LogP contribution in [0.4, 0.5) is 11.5 Å². The molecule has 3 aromatic rings. The van der Waals surface area contributed by atoms with Gasteiger partial charge in [0, 0.05) is 35.5 Å². The number of amides is 2. The Hall–Kier alpha value is -3.97. The largest absolute Gasteiger partial charge is 0.330 e. The summed E-state index contributed by atoms with van der Waals surface area (Å²) in [6.07, 6.45) is 1.40. The third-order valence-electron chi connectivity index (χ3n) is 4.98. The standard InChI is InChI=1S/C25H27N5O2/c1-17(8-7-15-26)18(2)24(31)27-21-13-11-19(12-14-21)22-16-23(30(3)29-22)28-25(32)20-9-5-4-6-10-20/h4-6,9-14,16H,1-2,7-8,15,26H2,3H3,(H,27,31)(H,28,32). The van der Waals surface area contributed by atoms with E-state index in [-0.39, 0.29) is 11.8 Å². The number of rotatable bonds is 9. The van der Waals surface area contributed by atoms with Crippen molar-refractivity contribution in [1.82, 2.24) is 9.78 Å². The topological polar surface area (TPSA) is 102 Å². The highest BCUT2D eigenvalue weighted by Gasteiger charge is 2.13. The first kappa shape index (κ1) is 22.7. The quantitative estimate of drug-likeness (QED) is 0.352. The second-order valence-corrected chi connectivity index (χ2v) is 7.36. The maximum Gasteiger partial charge on any atom is 0.256 e. The molecular weight excluding hydrogens is 402 g/mol. The molecule has 164 valence electrons. The van der Waals surface area contributed by atoms with Crippen LogP contribution in [0.1, 0.15) is 23.2 Å². The fourth-order valence-electron chi connectivity index (χ4n) is 3.06. The van der Waals surface area contributed by atoms with Gasteiger partial charge in [-0.05, 0) is 49.2 Å². The van der Waals surface area contributed by atoms with Crippen molar-refractivity contribution in [2.45, 2.75) is 12.8 Å². The number of benzene rings is 2. The van der Waals surface area contributed by atoms with E-state index in [1.165, 1.54) is 0 Å². The Morgan fingerprint density at radius 1 is 1.03 bits per heavy atom. The van der Waals surface area contributed by atoms with Gasteiger partial charge in [0.25, 0.3) is 11.8 Å². The Bertz CT molecular complexity index is 1130. The first-order chi connectivity index (χ1) is 15.4. The number of carbonyl (C=O) groups excluding carboxylic acids is 2. The summed E-state index contributed by atoms with van der Waals surface area (Å²) in [7, 11) is 1.77. The number of aryl methyl sites for hydroxylation is 1. The second kappa shape index (κ2) is 10.4. The highest BCUT2D eigenvalue weighted by Crippen LogP contribution is 2.24. The lowest BCUT2D eigenvalue weighted by molar-refractivity contribution is -0.112. The van der Waals surface area contributed by atoms with Crippen molar-refractivity contribution in [3.63, 3.8) is 0 Å². The smallest absolute Gasteiger partial charge is 0.256 e. The van der Waals surface area contributed by atoms with Crippen LogP contribution in [0.5, 0.6) is 0 Å². The van der Waals surface area contributed by atoms with E-state index in [0.29, 0.717) is 46.9 Å². The van der Waals surface area contributed by atoms with Crippen molar-refractivity contribution in [2.24, 2.45) is 12.8 Å². The van der Waals surface area contributed by atoms with Crippen molar-refractivity contribution in [3.05, 3.63) is 90.5 Å². The summed E-state index contributed by atoms with van der Waals surface area (Å²) in [6.45, 7) is 8.27. The van der Waals surface area contributed by atoms with Crippen molar-refractivity contribution in [2.75, 3.05) is 17.2 Å². The van der Waals surface area contributed by atoms with Gasteiger partial charge in [-0.1, -0.05) is 43.5 Å². The number of nitrogens with zero attached hydrogens (tertiary/aromatic N) is 2. The zero-order valence-corrected chi connectivity index (χ0v) is 18.1. The van der Waals surface area contributed by atoms with Crippen molar-refractivity contribution >= 4 is 23.3 Å². The molecule has 0 aliphatic rings. The van der Waals surface area contributed by atoms with Gasteiger partial charge >= 0.3 is 0 Å². The zero-order chi connectivity index (χ0) is 23.1. The van der Waals surface area contributed by atoms with E-state index in [2.05, 4.69) is 28.9 Å². The number of nitrogens with two attached hydrogens (primary N) is 1. The fraction of sp³-hybridized carbons (Fsp3) is 0.160. The van der Waals surface area contributed by atoms with Crippen LogP contribution in [0.3, 0.4) is 0 Å². The first-order valence-corrected chi connectivity index (χ1v) is 10.3. The molecule has 0 saturated carbocycles. The van der Waals surface area contributed by atoms with Crippen LogP contribution in [0, 0.1) is 0 Å². The van der Waals surface area contributed by atoms with Gasteiger partial charge in [0.2, 0.25) is 0 Å². The third kappa shape index (κ3) is 5.59. The molecule has 4 N–H and O–H groups in total. The monoisotopic (exact) mass is 429 g/mol. The van der Waals surface area contributed by atoms with E-state index in [4.69, 9.17) is 5.73 Å². The summed E-state index contributed by atoms with van der Waals surface area (Å²) in [5.41, 5.74) is 9.30. The van der Waals surface area contributed by atoms with Crippen LogP contribution in [-0.2, 0) is 11.8 Å². The highest BCUT2D eigenvalue weighted by atomic mass is 16.2. The molecule has 0 aliphatic heterocycles. The molecule has 7 heteroatoms. The van der Waals surface area contributed by atoms with Gasteiger partial charge in [-0.25, -0.2) is 0 Å². The van der Waals surface area contributed by atoms with Gasteiger partial charge in [0.05, 0.1) is 5.69 Å². The average Bonchev–Trinajstić information content (AvgIpc) is 3.17. The summed E-state index contributed by atoms with van der Waals surface area (Å²) in [5, 5.41) is 10.2. The van der Waals surface area contributed by atoms with E-state index in [1.54, 1.807) is 42.1 Å². The predicted octanol–water partition coefficient (Wildman–Crippen LogP) is 4.13. The van der Waals surface area contributed by atoms with Gasteiger partial charge in [-0.15, -0.1) is 0 Å². The van der Waals surface area contributed by atoms with Crippen LogP contribution >= 0.6 is 0 Å². The molecule has 0 atom stereocenters. The second-order valence-electron chi connectivity index (χ2n) is 7.36. The molecule has 0 aliphatic carbocycles. The van der Waals surface area contributed by atoms with Crippen LogP contribution < -0.4 is 16.4 Å². The summed E-state index contributed by atoms with van der Waals surface area (Å²) < 4.78 is 1.61. The van der Waals surface area contributed by atoms with Crippen molar-refractivity contribution < 1.29 is 9.59 Å². The SMILES string of the molecule is C=C(CCCN)C(=C)C(=O)Nc1ccc(-c2cc(NC(=O)c3ccccc3)n(C)n2)cc1. The summed E-state index contributed by atoms with van der Waals surface area (Å²) >= 11 is 0. The molecule has 0 fully saturated rings. The first-order valence-electron chi connectivity index (χ1n) is 10.3. The van der Waals surface area contributed by atoms with Gasteiger partial charge in [0.15, 0.2) is 0 Å². The van der Waals surface area contributed by atoms with E-state index in [9.17, 15) is 9.59 Å². The third-order valence-corrected chi connectivity index (χ3v) is 4.98.